The fraction of sp³-hybridized carbons (Fsp3) is 0.438. The van der Waals surface area contributed by atoms with Crippen molar-refractivity contribution in [1.29, 1.82) is 0 Å². The zero-order chi connectivity index (χ0) is 13.5. The molecule has 0 bridgehead atoms. The largest absolute Gasteiger partial charge is 0.396 e. The first-order valence-electron chi connectivity index (χ1n) is 6.78. The van der Waals surface area contributed by atoms with Crippen molar-refractivity contribution in [3.8, 4) is 11.8 Å². The van der Waals surface area contributed by atoms with Gasteiger partial charge in [0.25, 0.3) is 5.91 Å². The summed E-state index contributed by atoms with van der Waals surface area (Å²) in [6, 6.07) is 9.51. The number of hydrogen-bond donors (Lipinski definition) is 2. The molecule has 1 saturated carbocycles. The molecule has 0 radical (unpaired) electrons. The van der Waals surface area contributed by atoms with E-state index in [1.54, 1.807) is 0 Å². The van der Waals surface area contributed by atoms with Crippen LogP contribution in [0.5, 0.6) is 0 Å². The van der Waals surface area contributed by atoms with Crippen LogP contribution in [0.4, 0.5) is 0 Å². The molecule has 2 N–H and O–H groups in total. The summed E-state index contributed by atoms with van der Waals surface area (Å²) in [5.41, 5.74) is 0.833. The molecule has 0 aromatic heterocycles. The molecule has 19 heavy (non-hydrogen) atoms. The van der Waals surface area contributed by atoms with Crippen LogP contribution >= 0.6 is 0 Å². The molecule has 0 spiro atoms. The van der Waals surface area contributed by atoms with E-state index in [1.165, 1.54) is 0 Å². The van der Waals surface area contributed by atoms with Crippen molar-refractivity contribution in [3.05, 3.63) is 35.9 Å². The lowest BCUT2D eigenvalue weighted by Gasteiger charge is -2.30. The summed E-state index contributed by atoms with van der Waals surface area (Å²) < 4.78 is 0. The first kappa shape index (κ1) is 13.6. The van der Waals surface area contributed by atoms with Gasteiger partial charge in [-0.3, -0.25) is 4.79 Å². The highest BCUT2D eigenvalue weighted by Crippen LogP contribution is 2.23. The van der Waals surface area contributed by atoms with E-state index in [0.717, 1.165) is 31.2 Å². The first-order chi connectivity index (χ1) is 9.29. The Labute approximate surface area is 114 Å². The first-order valence-corrected chi connectivity index (χ1v) is 6.78. The van der Waals surface area contributed by atoms with Crippen molar-refractivity contribution in [3.63, 3.8) is 0 Å². The van der Waals surface area contributed by atoms with Crippen LogP contribution in [0.15, 0.2) is 30.3 Å². The molecule has 1 amide bonds. The number of aliphatic hydroxyl groups excluding tert-OH is 1. The third-order valence-electron chi connectivity index (χ3n) is 3.55. The van der Waals surface area contributed by atoms with E-state index in [1.807, 2.05) is 30.3 Å². The summed E-state index contributed by atoms with van der Waals surface area (Å²) in [7, 11) is 0. The Hall–Kier alpha value is -1.79. The smallest absolute Gasteiger partial charge is 0.296 e. The monoisotopic (exact) mass is 257 g/mol. The normalized spacial score (nSPS) is 22.2. The van der Waals surface area contributed by atoms with Gasteiger partial charge in [0, 0.05) is 30.1 Å². The van der Waals surface area contributed by atoms with Crippen LogP contribution < -0.4 is 5.32 Å². The number of nitrogens with one attached hydrogen (secondary N) is 1. The minimum Gasteiger partial charge on any atom is -0.396 e. The average Bonchev–Trinajstić information content (AvgIpc) is 2.47. The summed E-state index contributed by atoms with van der Waals surface area (Å²) in [5, 5.41) is 12.2. The Morgan fingerprint density at radius 2 is 2.00 bits per heavy atom. The van der Waals surface area contributed by atoms with Crippen molar-refractivity contribution in [2.45, 2.75) is 31.7 Å². The zero-order valence-corrected chi connectivity index (χ0v) is 10.9. The Kier molecular flexibility index (Phi) is 5.00. The summed E-state index contributed by atoms with van der Waals surface area (Å²) in [6.07, 6.45) is 4.15. The zero-order valence-electron chi connectivity index (χ0n) is 10.9. The van der Waals surface area contributed by atoms with E-state index in [0.29, 0.717) is 0 Å². The quantitative estimate of drug-likeness (QED) is 0.792. The Balaban J connectivity index is 1.92. The van der Waals surface area contributed by atoms with Gasteiger partial charge in [-0.05, 0) is 25.0 Å². The van der Waals surface area contributed by atoms with Crippen LogP contribution in [0.25, 0.3) is 0 Å². The van der Waals surface area contributed by atoms with Gasteiger partial charge < -0.3 is 10.4 Å². The molecule has 1 aromatic carbocycles. The van der Waals surface area contributed by atoms with Gasteiger partial charge in [0.1, 0.15) is 0 Å². The van der Waals surface area contributed by atoms with Crippen LogP contribution in [0.2, 0.25) is 0 Å². The van der Waals surface area contributed by atoms with E-state index in [9.17, 15) is 9.90 Å². The van der Waals surface area contributed by atoms with Crippen molar-refractivity contribution >= 4 is 5.91 Å². The number of hydrogen-bond acceptors (Lipinski definition) is 2. The lowest BCUT2D eigenvalue weighted by Crippen LogP contribution is -2.42. The number of carbonyl (C=O) groups excluding carboxylic acids is 1. The maximum atomic E-state index is 11.8. The fourth-order valence-electron chi connectivity index (χ4n) is 2.47. The van der Waals surface area contributed by atoms with Gasteiger partial charge in [0.2, 0.25) is 0 Å². The third-order valence-corrected chi connectivity index (χ3v) is 3.55. The summed E-state index contributed by atoms with van der Waals surface area (Å²) in [6.45, 7) is 0.136. The van der Waals surface area contributed by atoms with Crippen molar-refractivity contribution < 1.29 is 9.90 Å². The van der Waals surface area contributed by atoms with Crippen LogP contribution in [0.1, 0.15) is 31.2 Å². The second kappa shape index (κ2) is 6.96. The number of benzene rings is 1. The maximum absolute atomic E-state index is 11.8. The van der Waals surface area contributed by atoms with E-state index in [4.69, 9.17) is 0 Å². The molecule has 2 rings (SSSR count). The van der Waals surface area contributed by atoms with Gasteiger partial charge in [-0.1, -0.05) is 37.0 Å². The predicted octanol–water partition coefficient (Wildman–Crippen LogP) is 1.71. The van der Waals surface area contributed by atoms with Crippen molar-refractivity contribution in [2.75, 3.05) is 6.61 Å². The summed E-state index contributed by atoms with van der Waals surface area (Å²) in [4.78, 5) is 11.8. The standard InChI is InChI=1S/C16H19NO2/c18-12-14-8-4-5-9-15(14)17-16(19)11-10-13-6-2-1-3-7-13/h1-3,6-7,14-15,18H,4-5,8-9,12H2,(H,17,19). The molecule has 0 saturated heterocycles. The maximum Gasteiger partial charge on any atom is 0.296 e. The second-order valence-electron chi connectivity index (χ2n) is 4.92. The highest BCUT2D eigenvalue weighted by atomic mass is 16.3. The lowest BCUT2D eigenvalue weighted by molar-refractivity contribution is -0.117. The van der Waals surface area contributed by atoms with Crippen LogP contribution in [0.3, 0.4) is 0 Å². The molecule has 3 heteroatoms. The van der Waals surface area contributed by atoms with Crippen molar-refractivity contribution in [2.24, 2.45) is 5.92 Å². The van der Waals surface area contributed by atoms with Gasteiger partial charge in [0.15, 0.2) is 0 Å². The van der Waals surface area contributed by atoms with Gasteiger partial charge in [-0.2, -0.15) is 0 Å². The molecule has 1 aromatic rings. The summed E-state index contributed by atoms with van der Waals surface area (Å²) >= 11 is 0. The number of amides is 1. The van der Waals surface area contributed by atoms with E-state index in [-0.39, 0.29) is 24.5 Å². The molecule has 0 aliphatic heterocycles. The van der Waals surface area contributed by atoms with E-state index < -0.39 is 0 Å². The van der Waals surface area contributed by atoms with E-state index >= 15 is 0 Å². The minimum atomic E-state index is -0.255. The van der Waals surface area contributed by atoms with Gasteiger partial charge in [-0.15, -0.1) is 0 Å². The van der Waals surface area contributed by atoms with Gasteiger partial charge in [-0.25, -0.2) is 0 Å². The number of rotatable bonds is 2. The fourth-order valence-corrected chi connectivity index (χ4v) is 2.47. The van der Waals surface area contributed by atoms with Gasteiger partial charge in [0.05, 0.1) is 0 Å². The second-order valence-corrected chi connectivity index (χ2v) is 4.92. The number of carbonyl (C=O) groups is 1. The molecule has 0 heterocycles. The predicted molar refractivity (Wildman–Crippen MR) is 74.3 cm³/mol. The topological polar surface area (TPSA) is 49.3 Å². The molecule has 1 fully saturated rings. The molecule has 1 aliphatic rings. The molecule has 1 aliphatic carbocycles. The molecule has 3 nitrogen and oxygen atoms in total. The minimum absolute atomic E-state index is 0.0660. The van der Waals surface area contributed by atoms with Crippen LogP contribution in [0, 0.1) is 17.8 Å². The molecular formula is C16H19NO2. The average molecular weight is 257 g/mol. The molecule has 100 valence electrons. The van der Waals surface area contributed by atoms with Crippen LogP contribution in [-0.4, -0.2) is 23.7 Å². The highest BCUT2D eigenvalue weighted by Gasteiger charge is 2.25. The summed E-state index contributed by atoms with van der Waals surface area (Å²) in [5.74, 6) is 5.37. The Morgan fingerprint density at radius 3 is 2.74 bits per heavy atom. The molecule has 2 atom stereocenters. The van der Waals surface area contributed by atoms with Gasteiger partial charge >= 0.3 is 0 Å². The SMILES string of the molecule is O=C(C#Cc1ccccc1)NC1CCCCC1CO. The number of aliphatic hydroxyl groups is 1. The molecular weight excluding hydrogens is 238 g/mol. The van der Waals surface area contributed by atoms with Crippen LogP contribution in [-0.2, 0) is 4.79 Å². The Morgan fingerprint density at radius 1 is 1.26 bits per heavy atom. The lowest BCUT2D eigenvalue weighted by atomic mass is 9.85. The highest BCUT2D eigenvalue weighted by molar-refractivity contribution is 5.94. The Bertz CT molecular complexity index is 473. The third kappa shape index (κ3) is 4.11. The molecule has 2 unspecified atom stereocenters. The van der Waals surface area contributed by atoms with E-state index in [2.05, 4.69) is 17.2 Å². The van der Waals surface area contributed by atoms with Crippen molar-refractivity contribution in [1.82, 2.24) is 5.32 Å².